The molecule has 6 heteroatoms. The highest BCUT2D eigenvalue weighted by Crippen LogP contribution is 2.29. The SMILES string of the molecule is Fc1cccc([CH]n2cnnn2)c1C1=CCN(CCc2ccccc2)CC1. The number of tetrazole rings is 1. The fourth-order valence-corrected chi connectivity index (χ4v) is 3.43. The van der Waals surface area contributed by atoms with E-state index in [9.17, 15) is 4.39 Å². The van der Waals surface area contributed by atoms with E-state index in [1.54, 1.807) is 12.6 Å². The first-order valence-electron chi connectivity index (χ1n) is 9.11. The summed E-state index contributed by atoms with van der Waals surface area (Å²) in [6.45, 7) is 4.52. The molecule has 0 amide bonds. The van der Waals surface area contributed by atoms with E-state index in [0.717, 1.165) is 43.6 Å². The van der Waals surface area contributed by atoms with Crippen molar-refractivity contribution in [2.75, 3.05) is 19.6 Å². The molecular weight excluding hydrogens is 341 g/mol. The quantitative estimate of drug-likeness (QED) is 0.676. The van der Waals surface area contributed by atoms with E-state index in [-0.39, 0.29) is 5.82 Å². The normalized spacial score (nSPS) is 14.9. The Balaban J connectivity index is 1.46. The van der Waals surface area contributed by atoms with Crippen LogP contribution in [0.4, 0.5) is 4.39 Å². The Morgan fingerprint density at radius 1 is 1.07 bits per heavy atom. The van der Waals surface area contributed by atoms with E-state index in [2.05, 4.69) is 50.8 Å². The second-order valence-corrected chi connectivity index (χ2v) is 6.64. The van der Waals surface area contributed by atoms with Gasteiger partial charge in [-0.3, -0.25) is 4.90 Å². The molecule has 1 aliphatic rings. The monoisotopic (exact) mass is 362 g/mol. The van der Waals surface area contributed by atoms with Gasteiger partial charge in [-0.15, -0.1) is 5.10 Å². The predicted molar refractivity (Wildman–Crippen MR) is 102 cm³/mol. The molecule has 0 unspecified atom stereocenters. The van der Waals surface area contributed by atoms with Gasteiger partial charge < -0.3 is 0 Å². The summed E-state index contributed by atoms with van der Waals surface area (Å²) >= 11 is 0. The molecule has 0 N–H and O–H groups in total. The van der Waals surface area contributed by atoms with Crippen LogP contribution in [-0.2, 0) is 6.42 Å². The van der Waals surface area contributed by atoms with Gasteiger partial charge >= 0.3 is 0 Å². The molecule has 0 bridgehead atoms. The highest BCUT2D eigenvalue weighted by Gasteiger charge is 2.19. The molecule has 2 aromatic carbocycles. The lowest BCUT2D eigenvalue weighted by molar-refractivity contribution is 0.305. The van der Waals surface area contributed by atoms with Crippen LogP contribution in [0.15, 0.2) is 60.9 Å². The van der Waals surface area contributed by atoms with Crippen molar-refractivity contribution in [3.63, 3.8) is 0 Å². The van der Waals surface area contributed by atoms with Crippen molar-refractivity contribution in [3.8, 4) is 0 Å². The molecule has 0 aliphatic carbocycles. The predicted octanol–water partition coefficient (Wildman–Crippen LogP) is 3.20. The van der Waals surface area contributed by atoms with Gasteiger partial charge in [0.2, 0.25) is 0 Å². The van der Waals surface area contributed by atoms with E-state index in [4.69, 9.17) is 0 Å². The van der Waals surface area contributed by atoms with Crippen LogP contribution in [0, 0.1) is 12.4 Å². The van der Waals surface area contributed by atoms with Crippen molar-refractivity contribution in [2.24, 2.45) is 0 Å². The van der Waals surface area contributed by atoms with E-state index >= 15 is 0 Å². The summed E-state index contributed by atoms with van der Waals surface area (Å²) in [5.74, 6) is -0.208. The lowest BCUT2D eigenvalue weighted by atomic mass is 9.94. The number of benzene rings is 2. The second kappa shape index (κ2) is 8.22. The molecule has 0 spiro atoms. The molecule has 1 aliphatic heterocycles. The van der Waals surface area contributed by atoms with Crippen molar-refractivity contribution in [3.05, 3.63) is 90.0 Å². The van der Waals surface area contributed by atoms with Gasteiger partial charge in [0, 0.05) is 25.2 Å². The molecular formula is C21H21FN5. The smallest absolute Gasteiger partial charge is 0.138 e. The zero-order valence-electron chi connectivity index (χ0n) is 15.0. The Morgan fingerprint density at radius 2 is 1.96 bits per heavy atom. The minimum Gasteiger partial charge on any atom is -0.299 e. The lowest BCUT2D eigenvalue weighted by Gasteiger charge is -2.27. The summed E-state index contributed by atoms with van der Waals surface area (Å²) in [4.78, 5) is 2.40. The highest BCUT2D eigenvalue weighted by molar-refractivity contribution is 5.70. The zero-order valence-corrected chi connectivity index (χ0v) is 15.0. The highest BCUT2D eigenvalue weighted by atomic mass is 19.1. The van der Waals surface area contributed by atoms with Gasteiger partial charge in [-0.1, -0.05) is 48.5 Å². The molecule has 3 aromatic rings. The molecule has 137 valence electrons. The lowest BCUT2D eigenvalue weighted by Crippen LogP contribution is -2.30. The molecule has 27 heavy (non-hydrogen) atoms. The molecule has 0 saturated heterocycles. The second-order valence-electron chi connectivity index (χ2n) is 6.64. The maximum absolute atomic E-state index is 14.6. The maximum atomic E-state index is 14.6. The fraction of sp³-hybridized carbons (Fsp3) is 0.238. The first-order valence-corrected chi connectivity index (χ1v) is 9.11. The molecule has 0 fully saturated rings. The molecule has 0 atom stereocenters. The van der Waals surface area contributed by atoms with Gasteiger partial charge in [0.1, 0.15) is 18.7 Å². The number of aromatic nitrogens is 4. The van der Waals surface area contributed by atoms with Gasteiger partial charge in [0.05, 0.1) is 0 Å². The largest absolute Gasteiger partial charge is 0.299 e. The minimum atomic E-state index is -0.208. The number of rotatable bonds is 6. The molecule has 4 rings (SSSR count). The third kappa shape index (κ3) is 4.28. The van der Waals surface area contributed by atoms with Crippen molar-refractivity contribution in [2.45, 2.75) is 12.8 Å². The summed E-state index contributed by atoms with van der Waals surface area (Å²) in [5, 5.41) is 11.1. The van der Waals surface area contributed by atoms with E-state index in [1.807, 2.05) is 12.1 Å². The van der Waals surface area contributed by atoms with Gasteiger partial charge in [0.25, 0.3) is 0 Å². The number of hydrogen-bond acceptors (Lipinski definition) is 4. The van der Waals surface area contributed by atoms with Crippen LogP contribution in [0.25, 0.3) is 5.57 Å². The van der Waals surface area contributed by atoms with Gasteiger partial charge in [0.15, 0.2) is 0 Å². The molecule has 1 radical (unpaired) electrons. The summed E-state index contributed by atoms with van der Waals surface area (Å²) in [6, 6.07) is 15.6. The molecule has 5 nitrogen and oxygen atoms in total. The Hall–Kier alpha value is -2.86. The van der Waals surface area contributed by atoms with E-state index in [0.29, 0.717) is 5.56 Å². The first kappa shape index (κ1) is 17.5. The van der Waals surface area contributed by atoms with Crippen LogP contribution in [0.3, 0.4) is 0 Å². The van der Waals surface area contributed by atoms with Gasteiger partial charge in [-0.2, -0.15) is 0 Å². The number of hydrogen-bond donors (Lipinski definition) is 0. The van der Waals surface area contributed by atoms with Crippen LogP contribution in [0.2, 0.25) is 0 Å². The van der Waals surface area contributed by atoms with Crippen molar-refractivity contribution in [1.82, 2.24) is 25.1 Å². The van der Waals surface area contributed by atoms with Crippen molar-refractivity contribution in [1.29, 1.82) is 0 Å². The standard InChI is InChI=1S/C21H21FN5/c22-20-8-4-7-19(15-27-16-23-24-25-27)21(20)18-10-13-26(14-11-18)12-9-17-5-2-1-3-6-17/h1-8,10,15-16H,9,11-14H2. The topological polar surface area (TPSA) is 46.8 Å². The van der Waals surface area contributed by atoms with Crippen LogP contribution in [0.5, 0.6) is 0 Å². The maximum Gasteiger partial charge on any atom is 0.138 e. The number of nitrogens with zero attached hydrogens (tertiary/aromatic N) is 5. The summed E-state index contributed by atoms with van der Waals surface area (Å²) in [5.41, 5.74) is 3.82. The van der Waals surface area contributed by atoms with Crippen LogP contribution < -0.4 is 0 Å². The van der Waals surface area contributed by atoms with Gasteiger partial charge in [-0.05, 0) is 46.0 Å². The zero-order chi connectivity index (χ0) is 18.5. The Labute approximate surface area is 158 Å². The third-order valence-electron chi connectivity index (χ3n) is 4.86. The average molecular weight is 362 g/mol. The van der Waals surface area contributed by atoms with Crippen molar-refractivity contribution < 1.29 is 4.39 Å². The molecule has 1 aromatic heterocycles. The Kier molecular flexibility index (Phi) is 5.34. The van der Waals surface area contributed by atoms with Gasteiger partial charge in [-0.25, -0.2) is 9.07 Å². The summed E-state index contributed by atoms with van der Waals surface area (Å²) in [7, 11) is 0. The minimum absolute atomic E-state index is 0.208. The molecule has 2 heterocycles. The third-order valence-corrected chi connectivity index (χ3v) is 4.86. The number of halogens is 1. The van der Waals surface area contributed by atoms with E-state index in [1.165, 1.54) is 22.6 Å². The molecule has 0 saturated carbocycles. The fourth-order valence-electron chi connectivity index (χ4n) is 3.43. The van der Waals surface area contributed by atoms with Crippen LogP contribution >= 0.6 is 0 Å². The Morgan fingerprint density at radius 3 is 2.70 bits per heavy atom. The van der Waals surface area contributed by atoms with Crippen LogP contribution in [0.1, 0.15) is 23.1 Å². The Bertz CT molecular complexity index is 906. The summed E-state index contributed by atoms with van der Waals surface area (Å²) in [6.07, 6.45) is 5.49. The first-order chi connectivity index (χ1) is 13.3. The van der Waals surface area contributed by atoms with Crippen LogP contribution in [-0.4, -0.2) is 44.7 Å². The van der Waals surface area contributed by atoms with E-state index < -0.39 is 0 Å². The average Bonchev–Trinajstić information content (AvgIpc) is 3.21. The van der Waals surface area contributed by atoms with Crippen molar-refractivity contribution >= 4 is 5.57 Å². The summed E-state index contributed by atoms with van der Waals surface area (Å²) < 4.78 is 16.1.